The summed E-state index contributed by atoms with van der Waals surface area (Å²) in [5, 5.41) is 12.2. The highest BCUT2D eigenvalue weighted by Gasteiger charge is 2.31. The van der Waals surface area contributed by atoms with Crippen LogP contribution in [0.5, 0.6) is 0 Å². The van der Waals surface area contributed by atoms with Gasteiger partial charge in [0.05, 0.1) is 17.5 Å². The Balaban J connectivity index is 1.88. The van der Waals surface area contributed by atoms with Crippen LogP contribution in [0.15, 0.2) is 29.2 Å². The second-order valence-electron chi connectivity index (χ2n) is 8.43. The van der Waals surface area contributed by atoms with E-state index in [1.807, 2.05) is 25.7 Å². The van der Waals surface area contributed by atoms with Gasteiger partial charge < -0.3 is 5.32 Å². The van der Waals surface area contributed by atoms with E-state index in [-0.39, 0.29) is 29.2 Å². The van der Waals surface area contributed by atoms with Crippen LogP contribution >= 0.6 is 0 Å². The Bertz CT molecular complexity index is 846. The van der Waals surface area contributed by atoms with Gasteiger partial charge in [0.15, 0.2) is 0 Å². The first-order chi connectivity index (χ1) is 13.6. The third kappa shape index (κ3) is 6.53. The molecule has 0 saturated carbocycles. The van der Waals surface area contributed by atoms with Crippen LogP contribution < -0.4 is 10.0 Å². The lowest BCUT2D eigenvalue weighted by Gasteiger charge is -2.34. The number of amides is 1. The molecule has 29 heavy (non-hydrogen) atoms. The van der Waals surface area contributed by atoms with E-state index in [4.69, 9.17) is 0 Å². The first-order valence-electron chi connectivity index (χ1n) is 10.1. The average molecular weight is 421 g/mol. The van der Waals surface area contributed by atoms with Crippen LogP contribution in [0.1, 0.15) is 39.2 Å². The van der Waals surface area contributed by atoms with Crippen molar-refractivity contribution in [2.24, 2.45) is 11.8 Å². The molecule has 1 aliphatic heterocycles. The van der Waals surface area contributed by atoms with Gasteiger partial charge in [0.1, 0.15) is 5.54 Å². The molecule has 2 rings (SSSR count). The first-order valence-corrected chi connectivity index (χ1v) is 11.5. The SMILES string of the molecule is Cc1ccc(S(=O)(=O)NCC2CCCN(CC(=O)NC(C)(C#N)C(C)C)C2)cc1. The molecule has 0 aromatic heterocycles. The molecule has 1 fully saturated rings. The third-order valence-electron chi connectivity index (χ3n) is 5.65. The summed E-state index contributed by atoms with van der Waals surface area (Å²) in [4.78, 5) is 14.7. The summed E-state index contributed by atoms with van der Waals surface area (Å²) in [6, 6.07) is 8.96. The molecular weight excluding hydrogens is 388 g/mol. The number of nitriles is 1. The van der Waals surface area contributed by atoms with Crippen molar-refractivity contribution < 1.29 is 13.2 Å². The summed E-state index contributed by atoms with van der Waals surface area (Å²) in [7, 11) is -3.54. The monoisotopic (exact) mass is 420 g/mol. The maximum atomic E-state index is 12.5. The van der Waals surface area contributed by atoms with E-state index < -0.39 is 15.6 Å². The quantitative estimate of drug-likeness (QED) is 0.670. The van der Waals surface area contributed by atoms with Gasteiger partial charge in [-0.25, -0.2) is 13.1 Å². The van der Waals surface area contributed by atoms with Crippen molar-refractivity contribution in [3.05, 3.63) is 29.8 Å². The van der Waals surface area contributed by atoms with Crippen molar-refractivity contribution in [1.29, 1.82) is 5.26 Å². The van der Waals surface area contributed by atoms with Gasteiger partial charge in [0, 0.05) is 13.1 Å². The van der Waals surface area contributed by atoms with E-state index in [0.29, 0.717) is 13.1 Å². The zero-order valence-electron chi connectivity index (χ0n) is 17.7. The van der Waals surface area contributed by atoms with Crippen LogP contribution in [0.2, 0.25) is 0 Å². The molecule has 1 saturated heterocycles. The predicted molar refractivity (Wildman–Crippen MR) is 113 cm³/mol. The molecule has 0 spiro atoms. The lowest BCUT2D eigenvalue weighted by Crippen LogP contribution is -2.53. The smallest absolute Gasteiger partial charge is 0.240 e. The number of nitrogens with zero attached hydrogens (tertiary/aromatic N) is 2. The van der Waals surface area contributed by atoms with E-state index in [9.17, 15) is 18.5 Å². The van der Waals surface area contributed by atoms with E-state index in [1.54, 1.807) is 31.2 Å². The maximum absolute atomic E-state index is 12.5. The topological polar surface area (TPSA) is 102 Å². The Morgan fingerprint density at radius 2 is 2.00 bits per heavy atom. The van der Waals surface area contributed by atoms with Crippen LogP contribution in [-0.4, -0.2) is 50.9 Å². The predicted octanol–water partition coefficient (Wildman–Crippen LogP) is 2.04. The molecule has 1 aromatic rings. The molecule has 0 bridgehead atoms. The number of aryl methyl sites for hydroxylation is 1. The molecule has 1 heterocycles. The van der Waals surface area contributed by atoms with Crippen molar-refractivity contribution in [3.8, 4) is 6.07 Å². The number of carbonyl (C=O) groups excluding carboxylic acids is 1. The molecule has 0 radical (unpaired) electrons. The van der Waals surface area contributed by atoms with Crippen LogP contribution in [0.25, 0.3) is 0 Å². The number of carbonyl (C=O) groups is 1. The number of hydrogen-bond acceptors (Lipinski definition) is 5. The number of benzene rings is 1. The molecule has 160 valence electrons. The zero-order valence-corrected chi connectivity index (χ0v) is 18.6. The highest BCUT2D eigenvalue weighted by Crippen LogP contribution is 2.18. The van der Waals surface area contributed by atoms with Crippen molar-refractivity contribution in [1.82, 2.24) is 14.9 Å². The van der Waals surface area contributed by atoms with Crippen LogP contribution in [-0.2, 0) is 14.8 Å². The number of likely N-dealkylation sites (tertiary alicyclic amines) is 1. The van der Waals surface area contributed by atoms with Crippen molar-refractivity contribution in [2.75, 3.05) is 26.2 Å². The fraction of sp³-hybridized carbons (Fsp3) is 0.619. The summed E-state index contributed by atoms with van der Waals surface area (Å²) in [6.45, 7) is 9.45. The summed E-state index contributed by atoms with van der Waals surface area (Å²) < 4.78 is 27.7. The Kier molecular flexibility index (Phi) is 7.80. The molecule has 2 unspecified atom stereocenters. The van der Waals surface area contributed by atoms with Gasteiger partial charge in [-0.05, 0) is 57.2 Å². The summed E-state index contributed by atoms with van der Waals surface area (Å²) in [5.74, 6) is -0.0328. The highest BCUT2D eigenvalue weighted by molar-refractivity contribution is 7.89. The summed E-state index contributed by atoms with van der Waals surface area (Å²) in [5.41, 5.74) is 0.116. The molecule has 2 atom stereocenters. The minimum absolute atomic E-state index is 0.00161. The number of nitrogens with one attached hydrogen (secondary N) is 2. The van der Waals surface area contributed by atoms with Gasteiger partial charge in [-0.1, -0.05) is 31.5 Å². The molecule has 0 aliphatic carbocycles. The minimum atomic E-state index is -3.54. The van der Waals surface area contributed by atoms with Crippen molar-refractivity contribution >= 4 is 15.9 Å². The van der Waals surface area contributed by atoms with E-state index in [2.05, 4.69) is 16.1 Å². The van der Waals surface area contributed by atoms with Gasteiger partial charge >= 0.3 is 0 Å². The molecular formula is C21H32N4O3S. The number of rotatable bonds is 8. The van der Waals surface area contributed by atoms with E-state index in [1.165, 1.54) is 0 Å². The molecule has 2 N–H and O–H groups in total. The van der Waals surface area contributed by atoms with Gasteiger partial charge in [0.2, 0.25) is 15.9 Å². The lowest BCUT2D eigenvalue weighted by atomic mass is 9.90. The maximum Gasteiger partial charge on any atom is 0.240 e. The fourth-order valence-electron chi connectivity index (χ4n) is 3.32. The molecule has 1 aliphatic rings. The van der Waals surface area contributed by atoms with Gasteiger partial charge in [0.25, 0.3) is 0 Å². The Morgan fingerprint density at radius 3 is 2.59 bits per heavy atom. The van der Waals surface area contributed by atoms with Crippen molar-refractivity contribution in [2.45, 2.75) is 51.0 Å². The van der Waals surface area contributed by atoms with Crippen molar-refractivity contribution in [3.63, 3.8) is 0 Å². The van der Waals surface area contributed by atoms with E-state index in [0.717, 1.165) is 24.9 Å². The van der Waals surface area contributed by atoms with Crippen LogP contribution in [0.4, 0.5) is 0 Å². The number of hydrogen-bond donors (Lipinski definition) is 2. The highest BCUT2D eigenvalue weighted by atomic mass is 32.2. The van der Waals surface area contributed by atoms with Gasteiger partial charge in [-0.2, -0.15) is 5.26 Å². The molecule has 1 aromatic carbocycles. The molecule has 1 amide bonds. The standard InChI is InChI=1S/C21H32N4O3S/c1-16(2)21(4,15-22)24-20(26)14-25-11-5-6-18(13-25)12-23-29(27,28)19-9-7-17(3)8-10-19/h7-10,16,18,23H,5-6,11-14H2,1-4H3,(H,24,26). The molecule has 7 nitrogen and oxygen atoms in total. The second-order valence-corrected chi connectivity index (χ2v) is 10.2. The van der Waals surface area contributed by atoms with E-state index >= 15 is 0 Å². The summed E-state index contributed by atoms with van der Waals surface area (Å²) in [6.07, 6.45) is 1.82. The summed E-state index contributed by atoms with van der Waals surface area (Å²) >= 11 is 0. The normalized spacial score (nSPS) is 20.1. The van der Waals surface area contributed by atoms with Crippen LogP contribution in [0, 0.1) is 30.1 Å². The molecule has 8 heteroatoms. The third-order valence-corrected chi connectivity index (χ3v) is 7.09. The zero-order chi connectivity index (χ0) is 21.7. The number of sulfonamides is 1. The Labute approximate surface area is 174 Å². The lowest BCUT2D eigenvalue weighted by molar-refractivity contribution is -0.124. The fourth-order valence-corrected chi connectivity index (χ4v) is 4.44. The van der Waals surface area contributed by atoms with Gasteiger partial charge in [-0.15, -0.1) is 0 Å². The van der Waals surface area contributed by atoms with Crippen LogP contribution in [0.3, 0.4) is 0 Å². The number of piperidine rings is 1. The Hall–Kier alpha value is -1.95. The largest absolute Gasteiger partial charge is 0.337 e. The van der Waals surface area contributed by atoms with Gasteiger partial charge in [-0.3, -0.25) is 9.69 Å². The average Bonchev–Trinajstić information content (AvgIpc) is 2.66. The first kappa shape index (κ1) is 23.3. The Morgan fingerprint density at radius 1 is 1.34 bits per heavy atom. The second kappa shape index (κ2) is 9.70. The minimum Gasteiger partial charge on any atom is -0.337 e.